The number of rotatable bonds is 5. The zero-order valence-corrected chi connectivity index (χ0v) is 12.6. The van der Waals surface area contributed by atoms with Crippen molar-refractivity contribution in [1.29, 1.82) is 0 Å². The van der Waals surface area contributed by atoms with Crippen molar-refractivity contribution in [1.82, 2.24) is 10.2 Å². The number of amides is 1. The van der Waals surface area contributed by atoms with Crippen molar-refractivity contribution >= 4 is 18.3 Å². The molecule has 0 radical (unpaired) electrons. The number of hydrogen-bond acceptors (Lipinski definition) is 3. The first-order valence-electron chi connectivity index (χ1n) is 7.01. The predicted molar refractivity (Wildman–Crippen MR) is 83.8 cm³/mol. The van der Waals surface area contributed by atoms with E-state index < -0.39 is 0 Å². The number of nitrogens with one attached hydrogen (secondary N) is 1. The Bertz CT molecular complexity index is 399. The van der Waals surface area contributed by atoms with Gasteiger partial charge in [-0.15, -0.1) is 12.4 Å². The molecule has 0 aromatic heterocycles. The second kappa shape index (κ2) is 8.95. The molecule has 1 unspecified atom stereocenters. The minimum Gasteiger partial charge on any atom is -0.351 e. The van der Waals surface area contributed by atoms with Crippen LogP contribution < -0.4 is 11.1 Å². The molecule has 2 rings (SSSR count). The van der Waals surface area contributed by atoms with Crippen molar-refractivity contribution in [2.24, 2.45) is 11.7 Å². The quantitative estimate of drug-likeness (QED) is 0.864. The number of nitrogens with zero attached hydrogens (tertiary/aromatic N) is 1. The molecule has 1 aromatic rings. The summed E-state index contributed by atoms with van der Waals surface area (Å²) in [4.78, 5) is 14.1. The SMILES string of the molecule is Cl.NCC1CCCN(CC(=O)NCc2ccccc2)C1. The van der Waals surface area contributed by atoms with E-state index in [0.717, 1.165) is 31.6 Å². The van der Waals surface area contributed by atoms with E-state index in [1.165, 1.54) is 6.42 Å². The fraction of sp³-hybridized carbons (Fsp3) is 0.533. The zero-order valence-electron chi connectivity index (χ0n) is 11.8. The minimum absolute atomic E-state index is 0. The molecule has 1 aromatic carbocycles. The van der Waals surface area contributed by atoms with Gasteiger partial charge in [0, 0.05) is 13.1 Å². The van der Waals surface area contributed by atoms with Crippen LogP contribution in [-0.2, 0) is 11.3 Å². The lowest BCUT2D eigenvalue weighted by molar-refractivity contribution is -0.122. The van der Waals surface area contributed by atoms with Crippen molar-refractivity contribution in [3.05, 3.63) is 35.9 Å². The van der Waals surface area contributed by atoms with Crippen molar-refractivity contribution in [3.8, 4) is 0 Å². The molecule has 1 aliphatic heterocycles. The third-order valence-electron chi connectivity index (χ3n) is 3.64. The summed E-state index contributed by atoms with van der Waals surface area (Å²) in [7, 11) is 0. The lowest BCUT2D eigenvalue weighted by Gasteiger charge is -2.31. The van der Waals surface area contributed by atoms with Crippen LogP contribution in [0.3, 0.4) is 0 Å². The molecule has 0 saturated carbocycles. The van der Waals surface area contributed by atoms with Gasteiger partial charge in [0.25, 0.3) is 0 Å². The van der Waals surface area contributed by atoms with Gasteiger partial charge in [0.1, 0.15) is 0 Å². The molecular weight excluding hydrogens is 274 g/mol. The molecular formula is C15H24ClN3O. The molecule has 1 amide bonds. The van der Waals surface area contributed by atoms with E-state index in [-0.39, 0.29) is 18.3 Å². The predicted octanol–water partition coefficient (Wildman–Crippen LogP) is 1.40. The Labute approximate surface area is 127 Å². The second-order valence-corrected chi connectivity index (χ2v) is 5.24. The number of likely N-dealkylation sites (tertiary alicyclic amines) is 1. The van der Waals surface area contributed by atoms with Gasteiger partial charge in [0.2, 0.25) is 5.91 Å². The molecule has 20 heavy (non-hydrogen) atoms. The minimum atomic E-state index is 0. The first-order valence-corrected chi connectivity index (χ1v) is 7.01. The Morgan fingerprint density at radius 1 is 1.35 bits per heavy atom. The molecule has 5 heteroatoms. The van der Waals surface area contributed by atoms with E-state index in [1.54, 1.807) is 0 Å². The normalized spacial score (nSPS) is 19.1. The van der Waals surface area contributed by atoms with Crippen LogP contribution in [0.5, 0.6) is 0 Å². The first-order chi connectivity index (χ1) is 9.28. The molecule has 1 heterocycles. The van der Waals surface area contributed by atoms with Gasteiger partial charge in [-0.3, -0.25) is 9.69 Å². The monoisotopic (exact) mass is 297 g/mol. The summed E-state index contributed by atoms with van der Waals surface area (Å²) < 4.78 is 0. The molecule has 112 valence electrons. The lowest BCUT2D eigenvalue weighted by Crippen LogP contribution is -2.43. The number of piperidine rings is 1. The largest absolute Gasteiger partial charge is 0.351 e. The van der Waals surface area contributed by atoms with E-state index in [9.17, 15) is 4.79 Å². The highest BCUT2D eigenvalue weighted by atomic mass is 35.5. The van der Waals surface area contributed by atoms with Crippen molar-refractivity contribution in [2.75, 3.05) is 26.2 Å². The number of halogens is 1. The Morgan fingerprint density at radius 2 is 2.10 bits per heavy atom. The van der Waals surface area contributed by atoms with E-state index in [4.69, 9.17) is 5.73 Å². The molecule has 3 N–H and O–H groups in total. The fourth-order valence-corrected chi connectivity index (χ4v) is 2.54. The third-order valence-corrected chi connectivity index (χ3v) is 3.64. The molecule has 0 aliphatic carbocycles. The van der Waals surface area contributed by atoms with Crippen LogP contribution in [0, 0.1) is 5.92 Å². The van der Waals surface area contributed by atoms with Gasteiger partial charge in [-0.25, -0.2) is 0 Å². The molecule has 1 fully saturated rings. The van der Waals surface area contributed by atoms with Crippen LogP contribution in [0.15, 0.2) is 30.3 Å². The summed E-state index contributed by atoms with van der Waals surface area (Å²) in [5, 5.41) is 2.97. The smallest absolute Gasteiger partial charge is 0.234 e. The average Bonchev–Trinajstić information content (AvgIpc) is 2.46. The zero-order chi connectivity index (χ0) is 13.5. The van der Waals surface area contributed by atoms with Crippen LogP contribution in [0.4, 0.5) is 0 Å². The fourth-order valence-electron chi connectivity index (χ4n) is 2.54. The number of carbonyl (C=O) groups is 1. The first kappa shape index (κ1) is 17.0. The number of benzene rings is 1. The lowest BCUT2D eigenvalue weighted by atomic mass is 9.98. The van der Waals surface area contributed by atoms with Crippen LogP contribution in [0.1, 0.15) is 18.4 Å². The summed E-state index contributed by atoms with van der Waals surface area (Å²) in [6, 6.07) is 9.99. The van der Waals surface area contributed by atoms with Crippen molar-refractivity contribution in [2.45, 2.75) is 19.4 Å². The average molecular weight is 298 g/mol. The van der Waals surface area contributed by atoms with E-state index in [1.807, 2.05) is 30.3 Å². The number of carbonyl (C=O) groups excluding carboxylic acids is 1. The molecule has 4 nitrogen and oxygen atoms in total. The Morgan fingerprint density at radius 3 is 2.80 bits per heavy atom. The van der Waals surface area contributed by atoms with Gasteiger partial charge in [0.05, 0.1) is 6.54 Å². The van der Waals surface area contributed by atoms with Crippen LogP contribution in [-0.4, -0.2) is 37.0 Å². The maximum Gasteiger partial charge on any atom is 0.234 e. The summed E-state index contributed by atoms with van der Waals surface area (Å²) in [5.74, 6) is 0.650. The van der Waals surface area contributed by atoms with Gasteiger partial charge in [-0.05, 0) is 37.4 Å². The highest BCUT2D eigenvalue weighted by Crippen LogP contribution is 2.14. The van der Waals surface area contributed by atoms with Crippen molar-refractivity contribution < 1.29 is 4.79 Å². The summed E-state index contributed by atoms with van der Waals surface area (Å²) >= 11 is 0. The molecule has 1 aliphatic rings. The van der Waals surface area contributed by atoms with Crippen LogP contribution >= 0.6 is 12.4 Å². The van der Waals surface area contributed by atoms with E-state index >= 15 is 0 Å². The van der Waals surface area contributed by atoms with Crippen molar-refractivity contribution in [3.63, 3.8) is 0 Å². The summed E-state index contributed by atoms with van der Waals surface area (Å²) in [6.45, 7) is 3.78. The molecule has 0 bridgehead atoms. The molecule has 1 atom stereocenters. The molecule has 0 spiro atoms. The summed E-state index contributed by atoms with van der Waals surface area (Å²) in [6.07, 6.45) is 2.34. The topological polar surface area (TPSA) is 58.4 Å². The van der Waals surface area contributed by atoms with Crippen LogP contribution in [0.25, 0.3) is 0 Å². The van der Waals surface area contributed by atoms with Crippen LogP contribution in [0.2, 0.25) is 0 Å². The Kier molecular flexibility index (Phi) is 7.59. The van der Waals surface area contributed by atoms with Gasteiger partial charge in [-0.1, -0.05) is 30.3 Å². The van der Waals surface area contributed by atoms with Gasteiger partial charge >= 0.3 is 0 Å². The maximum atomic E-state index is 11.9. The van der Waals surface area contributed by atoms with Gasteiger partial charge in [0.15, 0.2) is 0 Å². The van der Waals surface area contributed by atoms with Gasteiger partial charge in [-0.2, -0.15) is 0 Å². The highest BCUT2D eigenvalue weighted by molar-refractivity contribution is 5.85. The van der Waals surface area contributed by atoms with E-state index in [0.29, 0.717) is 19.0 Å². The Balaban J connectivity index is 0.00000200. The maximum absolute atomic E-state index is 11.9. The number of nitrogens with two attached hydrogens (primary N) is 1. The van der Waals surface area contributed by atoms with E-state index in [2.05, 4.69) is 10.2 Å². The molecule has 1 saturated heterocycles. The summed E-state index contributed by atoms with van der Waals surface area (Å²) in [5.41, 5.74) is 6.84. The standard InChI is InChI=1S/C15H23N3O.ClH/c16-9-14-7-4-8-18(11-14)12-15(19)17-10-13-5-2-1-3-6-13;/h1-3,5-6,14H,4,7-12,16H2,(H,17,19);1H. The highest BCUT2D eigenvalue weighted by Gasteiger charge is 2.20. The second-order valence-electron chi connectivity index (χ2n) is 5.24. The third kappa shape index (κ3) is 5.49. The Hall–Kier alpha value is -1.10. The van der Waals surface area contributed by atoms with Gasteiger partial charge < -0.3 is 11.1 Å². The number of hydrogen-bond donors (Lipinski definition) is 2.